The van der Waals surface area contributed by atoms with E-state index in [0.717, 1.165) is 17.5 Å². The Bertz CT molecular complexity index is 456. The Hall–Kier alpha value is -1.77. The van der Waals surface area contributed by atoms with Crippen molar-refractivity contribution in [2.45, 2.75) is 26.2 Å². The second kappa shape index (κ2) is 4.39. The summed E-state index contributed by atoms with van der Waals surface area (Å²) in [5.41, 5.74) is 9.23. The highest BCUT2D eigenvalue weighted by molar-refractivity contribution is 5.73. The van der Waals surface area contributed by atoms with Crippen LogP contribution in [-0.4, -0.2) is 10.2 Å². The molecule has 0 aliphatic carbocycles. The van der Waals surface area contributed by atoms with Gasteiger partial charge in [0.05, 0.1) is 6.20 Å². The fourth-order valence-corrected chi connectivity index (χ4v) is 1.75. The lowest BCUT2D eigenvalue weighted by molar-refractivity contribution is 0.734. The number of hydrogen-bond acceptors (Lipinski definition) is 2. The van der Waals surface area contributed by atoms with Crippen LogP contribution in [0.4, 0.5) is 5.82 Å². The average Bonchev–Trinajstić information content (AvgIpc) is 2.75. The molecule has 2 rings (SSSR count). The number of hydrogen-bond donors (Lipinski definition) is 2. The maximum Gasteiger partial charge on any atom is 0.126 e. The van der Waals surface area contributed by atoms with Gasteiger partial charge in [0.2, 0.25) is 0 Å². The zero-order valence-electron chi connectivity index (χ0n) is 9.70. The molecule has 0 aliphatic heterocycles. The van der Waals surface area contributed by atoms with Gasteiger partial charge in [-0.3, -0.25) is 5.10 Å². The molecule has 2 aromatic rings. The summed E-state index contributed by atoms with van der Waals surface area (Å²) in [5, 5.41) is 6.67. The van der Waals surface area contributed by atoms with Crippen molar-refractivity contribution in [1.29, 1.82) is 0 Å². The topological polar surface area (TPSA) is 54.7 Å². The number of H-pyrrole nitrogens is 1. The van der Waals surface area contributed by atoms with E-state index in [9.17, 15) is 0 Å². The van der Waals surface area contributed by atoms with Crippen molar-refractivity contribution < 1.29 is 0 Å². The van der Waals surface area contributed by atoms with E-state index < -0.39 is 0 Å². The highest BCUT2D eigenvalue weighted by Gasteiger charge is 2.06. The number of nitrogens with zero attached hydrogens (tertiary/aromatic N) is 1. The van der Waals surface area contributed by atoms with Gasteiger partial charge >= 0.3 is 0 Å². The minimum atomic E-state index is 0.607. The maximum absolute atomic E-state index is 5.78. The lowest BCUT2D eigenvalue weighted by Gasteiger charge is -2.09. The van der Waals surface area contributed by atoms with E-state index in [-0.39, 0.29) is 0 Å². The van der Waals surface area contributed by atoms with Crippen molar-refractivity contribution in [2.75, 3.05) is 5.73 Å². The van der Waals surface area contributed by atoms with Crippen LogP contribution >= 0.6 is 0 Å². The van der Waals surface area contributed by atoms with Gasteiger partial charge in [-0.2, -0.15) is 5.10 Å². The molecule has 0 fully saturated rings. The van der Waals surface area contributed by atoms with E-state index in [4.69, 9.17) is 5.73 Å². The Morgan fingerprint density at radius 1 is 1.31 bits per heavy atom. The SMILES string of the molecule is CCC(C)c1ccc(-c2cn[nH]c2N)cc1. The predicted octanol–water partition coefficient (Wildman–Crippen LogP) is 3.17. The third-order valence-electron chi connectivity index (χ3n) is 3.07. The molecule has 0 saturated carbocycles. The number of nitrogens with two attached hydrogens (primary N) is 1. The molecule has 0 radical (unpaired) electrons. The van der Waals surface area contributed by atoms with E-state index in [1.54, 1.807) is 6.20 Å². The normalized spacial score (nSPS) is 12.6. The first kappa shape index (κ1) is 10.7. The Balaban J connectivity index is 2.30. The molecular weight excluding hydrogens is 198 g/mol. The van der Waals surface area contributed by atoms with Crippen molar-refractivity contribution in [3.63, 3.8) is 0 Å². The summed E-state index contributed by atoms with van der Waals surface area (Å²) in [6.45, 7) is 4.44. The largest absolute Gasteiger partial charge is 0.384 e. The summed E-state index contributed by atoms with van der Waals surface area (Å²) in [4.78, 5) is 0. The number of nitrogen functional groups attached to an aromatic ring is 1. The van der Waals surface area contributed by atoms with Crippen molar-refractivity contribution in [3.8, 4) is 11.1 Å². The third kappa shape index (κ3) is 1.94. The summed E-state index contributed by atoms with van der Waals surface area (Å²) in [5.74, 6) is 1.23. The lowest BCUT2D eigenvalue weighted by Crippen LogP contribution is -1.91. The number of nitrogens with one attached hydrogen (secondary N) is 1. The average molecular weight is 215 g/mol. The fraction of sp³-hybridized carbons (Fsp3) is 0.308. The monoisotopic (exact) mass is 215 g/mol. The van der Waals surface area contributed by atoms with Gasteiger partial charge in [-0.05, 0) is 23.5 Å². The quantitative estimate of drug-likeness (QED) is 0.826. The Kier molecular flexibility index (Phi) is 2.95. The molecule has 0 aliphatic rings. The molecule has 1 heterocycles. The molecule has 0 amide bonds. The second-order valence-corrected chi connectivity index (χ2v) is 4.13. The molecule has 3 N–H and O–H groups in total. The summed E-state index contributed by atoms with van der Waals surface area (Å²) in [7, 11) is 0. The van der Waals surface area contributed by atoms with Crippen LogP contribution < -0.4 is 5.73 Å². The molecule has 0 bridgehead atoms. The molecule has 0 spiro atoms. The van der Waals surface area contributed by atoms with Gasteiger partial charge in [0.25, 0.3) is 0 Å². The minimum Gasteiger partial charge on any atom is -0.384 e. The van der Waals surface area contributed by atoms with Crippen LogP contribution in [0.2, 0.25) is 0 Å². The number of benzene rings is 1. The van der Waals surface area contributed by atoms with Gasteiger partial charge in [-0.15, -0.1) is 0 Å². The highest BCUT2D eigenvalue weighted by Crippen LogP contribution is 2.26. The van der Waals surface area contributed by atoms with Gasteiger partial charge in [-0.1, -0.05) is 38.1 Å². The van der Waals surface area contributed by atoms with E-state index in [1.807, 2.05) is 0 Å². The molecule has 1 aromatic carbocycles. The van der Waals surface area contributed by atoms with Gasteiger partial charge in [-0.25, -0.2) is 0 Å². The van der Waals surface area contributed by atoms with E-state index in [1.165, 1.54) is 5.56 Å². The van der Waals surface area contributed by atoms with E-state index >= 15 is 0 Å². The molecule has 84 valence electrons. The van der Waals surface area contributed by atoms with E-state index in [2.05, 4.69) is 48.3 Å². The van der Waals surface area contributed by atoms with Crippen LogP contribution in [0.15, 0.2) is 30.5 Å². The van der Waals surface area contributed by atoms with Crippen LogP contribution in [-0.2, 0) is 0 Å². The first-order valence-electron chi connectivity index (χ1n) is 5.61. The molecule has 1 aromatic heterocycles. The smallest absolute Gasteiger partial charge is 0.126 e. The van der Waals surface area contributed by atoms with Crippen LogP contribution in [0.3, 0.4) is 0 Å². The van der Waals surface area contributed by atoms with Crippen LogP contribution in [0.5, 0.6) is 0 Å². The molecular formula is C13H17N3. The van der Waals surface area contributed by atoms with Crippen molar-refractivity contribution in [2.24, 2.45) is 0 Å². The summed E-state index contributed by atoms with van der Waals surface area (Å²) >= 11 is 0. The summed E-state index contributed by atoms with van der Waals surface area (Å²) < 4.78 is 0. The Labute approximate surface area is 95.7 Å². The minimum absolute atomic E-state index is 0.607. The summed E-state index contributed by atoms with van der Waals surface area (Å²) in [6.07, 6.45) is 2.92. The molecule has 1 unspecified atom stereocenters. The summed E-state index contributed by atoms with van der Waals surface area (Å²) in [6, 6.07) is 8.53. The first-order chi connectivity index (χ1) is 7.72. The molecule has 16 heavy (non-hydrogen) atoms. The number of anilines is 1. The molecule has 1 atom stereocenters. The molecule has 3 heteroatoms. The second-order valence-electron chi connectivity index (χ2n) is 4.13. The maximum atomic E-state index is 5.78. The predicted molar refractivity (Wildman–Crippen MR) is 67.1 cm³/mol. The third-order valence-corrected chi connectivity index (χ3v) is 3.07. The molecule has 0 saturated heterocycles. The van der Waals surface area contributed by atoms with Crippen LogP contribution in [0.1, 0.15) is 31.7 Å². The van der Waals surface area contributed by atoms with Crippen LogP contribution in [0, 0.1) is 0 Å². The van der Waals surface area contributed by atoms with E-state index in [0.29, 0.717) is 11.7 Å². The zero-order valence-corrected chi connectivity index (χ0v) is 9.70. The highest BCUT2D eigenvalue weighted by atomic mass is 15.1. The zero-order chi connectivity index (χ0) is 11.5. The standard InChI is InChI=1S/C13H17N3/c1-3-9(2)10-4-6-11(7-5-10)12-8-15-16-13(12)14/h4-9H,3H2,1-2H3,(H3,14,15,16). The van der Waals surface area contributed by atoms with Gasteiger partial charge in [0, 0.05) is 5.56 Å². The van der Waals surface area contributed by atoms with Crippen molar-refractivity contribution >= 4 is 5.82 Å². The van der Waals surface area contributed by atoms with Gasteiger partial charge in [0.15, 0.2) is 0 Å². The first-order valence-corrected chi connectivity index (χ1v) is 5.61. The Morgan fingerprint density at radius 3 is 2.50 bits per heavy atom. The Morgan fingerprint density at radius 2 is 2.00 bits per heavy atom. The number of aromatic nitrogens is 2. The number of aromatic amines is 1. The van der Waals surface area contributed by atoms with Crippen molar-refractivity contribution in [3.05, 3.63) is 36.0 Å². The van der Waals surface area contributed by atoms with Crippen LogP contribution in [0.25, 0.3) is 11.1 Å². The van der Waals surface area contributed by atoms with Gasteiger partial charge < -0.3 is 5.73 Å². The fourth-order valence-electron chi connectivity index (χ4n) is 1.75. The van der Waals surface area contributed by atoms with Crippen molar-refractivity contribution in [1.82, 2.24) is 10.2 Å². The van der Waals surface area contributed by atoms with Gasteiger partial charge in [0.1, 0.15) is 5.82 Å². The lowest BCUT2D eigenvalue weighted by atomic mass is 9.96. The number of rotatable bonds is 3. The molecule has 3 nitrogen and oxygen atoms in total.